The first kappa shape index (κ1) is 23.4. The maximum Gasteiger partial charge on any atom is 0.307 e. The van der Waals surface area contributed by atoms with Crippen LogP contribution in [-0.4, -0.2) is 18.2 Å². The van der Waals surface area contributed by atoms with Crippen LogP contribution in [0.5, 0.6) is 11.5 Å². The zero-order valence-corrected chi connectivity index (χ0v) is 20.7. The molecule has 2 unspecified atom stereocenters. The van der Waals surface area contributed by atoms with Crippen molar-refractivity contribution in [3.8, 4) is 22.6 Å². The number of carboxylic acid groups (broad SMARTS) is 1. The van der Waals surface area contributed by atoms with Gasteiger partial charge < -0.3 is 14.6 Å². The summed E-state index contributed by atoms with van der Waals surface area (Å²) >= 11 is 0. The van der Waals surface area contributed by atoms with E-state index in [0.717, 1.165) is 41.7 Å². The molecule has 0 aliphatic heterocycles. The molecule has 0 radical (unpaired) electrons. The van der Waals surface area contributed by atoms with Gasteiger partial charge in [0.15, 0.2) is 0 Å². The summed E-state index contributed by atoms with van der Waals surface area (Å²) in [5.74, 6) is 0.135. The molecule has 35 heavy (non-hydrogen) atoms. The van der Waals surface area contributed by atoms with Crippen LogP contribution in [0, 0.1) is 11.7 Å². The number of benzene rings is 3. The zero-order valence-electron chi connectivity index (χ0n) is 20.7. The van der Waals surface area contributed by atoms with Crippen molar-refractivity contribution in [1.82, 2.24) is 0 Å². The lowest BCUT2D eigenvalue weighted by molar-refractivity contribution is -0.139. The van der Waals surface area contributed by atoms with Crippen molar-refractivity contribution in [2.45, 2.75) is 57.5 Å². The number of aliphatic carboxylic acids is 1. The van der Waals surface area contributed by atoms with Gasteiger partial charge in [-0.15, -0.1) is 0 Å². The van der Waals surface area contributed by atoms with Crippen LogP contribution < -0.4 is 9.47 Å². The summed E-state index contributed by atoms with van der Waals surface area (Å²) in [6.45, 7) is 6.70. The Kier molecular flexibility index (Phi) is 5.62. The van der Waals surface area contributed by atoms with Crippen LogP contribution in [0.4, 0.5) is 4.39 Å². The molecule has 5 rings (SSSR count). The van der Waals surface area contributed by atoms with Crippen LogP contribution in [0.1, 0.15) is 55.9 Å². The highest BCUT2D eigenvalue weighted by atomic mass is 19.1. The number of rotatable bonds is 6. The lowest BCUT2D eigenvalue weighted by Crippen LogP contribution is -2.13. The molecule has 0 heterocycles. The van der Waals surface area contributed by atoms with E-state index in [1.54, 1.807) is 19.2 Å². The van der Waals surface area contributed by atoms with E-state index < -0.39 is 5.97 Å². The van der Waals surface area contributed by atoms with Crippen molar-refractivity contribution in [1.29, 1.82) is 0 Å². The predicted molar refractivity (Wildman–Crippen MR) is 134 cm³/mol. The highest BCUT2D eigenvalue weighted by Crippen LogP contribution is 2.61. The molecule has 2 aliphatic carbocycles. The number of halogens is 1. The number of carbonyl (C=O) groups is 1. The first-order valence-corrected chi connectivity index (χ1v) is 12.1. The quantitative estimate of drug-likeness (QED) is 0.434. The summed E-state index contributed by atoms with van der Waals surface area (Å²) in [4.78, 5) is 11.5. The van der Waals surface area contributed by atoms with Gasteiger partial charge in [0.05, 0.1) is 13.0 Å². The third kappa shape index (κ3) is 4.18. The minimum Gasteiger partial charge on any atom is -0.497 e. The third-order valence-electron chi connectivity index (χ3n) is 7.59. The van der Waals surface area contributed by atoms with Gasteiger partial charge in [-0.1, -0.05) is 39.0 Å². The second-order valence-electron chi connectivity index (χ2n) is 10.8. The minimum absolute atomic E-state index is 0.168. The molecule has 2 aliphatic rings. The molecular weight excluding hydrogens is 443 g/mol. The molecule has 1 saturated carbocycles. The fraction of sp³-hybridized carbons (Fsp3) is 0.367. The Hall–Kier alpha value is -3.34. The lowest BCUT2D eigenvalue weighted by atomic mass is 9.81. The molecule has 3 aromatic carbocycles. The molecule has 0 bridgehead atoms. The number of methoxy groups -OCH3 is 1. The monoisotopic (exact) mass is 474 g/mol. The number of aryl methyl sites for hydroxylation is 1. The lowest BCUT2D eigenvalue weighted by Gasteiger charge is -2.24. The van der Waals surface area contributed by atoms with E-state index in [-0.39, 0.29) is 22.6 Å². The Morgan fingerprint density at radius 2 is 1.83 bits per heavy atom. The molecule has 0 saturated heterocycles. The van der Waals surface area contributed by atoms with Gasteiger partial charge >= 0.3 is 5.97 Å². The van der Waals surface area contributed by atoms with Crippen molar-refractivity contribution >= 4 is 5.97 Å². The summed E-state index contributed by atoms with van der Waals surface area (Å²) in [7, 11) is 1.58. The maximum atomic E-state index is 14.9. The minimum atomic E-state index is -0.694. The smallest absolute Gasteiger partial charge is 0.307 e. The molecule has 5 heteroatoms. The fourth-order valence-electron chi connectivity index (χ4n) is 5.61. The molecule has 1 N–H and O–H groups in total. The topological polar surface area (TPSA) is 55.8 Å². The van der Waals surface area contributed by atoms with Crippen LogP contribution in [0.25, 0.3) is 11.1 Å². The Bertz CT molecular complexity index is 1310. The van der Waals surface area contributed by atoms with E-state index in [1.807, 2.05) is 30.3 Å². The SMILES string of the molecule is COc1ccc(F)c(-c2cc(COc3ccc4c(c3)CCC43CC3C(=O)O)ccc2C(C)(C)C)c1. The summed E-state index contributed by atoms with van der Waals surface area (Å²) in [6, 6.07) is 16.9. The fourth-order valence-corrected chi connectivity index (χ4v) is 5.61. The van der Waals surface area contributed by atoms with Crippen molar-refractivity contribution in [2.24, 2.45) is 5.92 Å². The van der Waals surface area contributed by atoms with E-state index in [2.05, 4.69) is 26.8 Å². The molecular formula is C30H31FO4. The first-order valence-electron chi connectivity index (χ1n) is 12.1. The van der Waals surface area contributed by atoms with Crippen LogP contribution in [0.3, 0.4) is 0 Å². The van der Waals surface area contributed by atoms with Crippen LogP contribution >= 0.6 is 0 Å². The van der Waals surface area contributed by atoms with Gasteiger partial charge in [-0.25, -0.2) is 4.39 Å². The number of hydrogen-bond donors (Lipinski definition) is 1. The molecule has 1 spiro atoms. The molecule has 0 amide bonds. The van der Waals surface area contributed by atoms with E-state index in [4.69, 9.17) is 9.47 Å². The van der Waals surface area contributed by atoms with Crippen LogP contribution in [0.15, 0.2) is 54.6 Å². The summed E-state index contributed by atoms with van der Waals surface area (Å²) < 4.78 is 26.4. The standard InChI is InChI=1S/C30H31FO4/c1-29(2,3)25-8-5-18(13-22(25)23-15-20(34-4)7-10-27(23)31)17-35-21-6-9-24-19(14-21)11-12-30(24)16-26(30)28(32)33/h5-10,13-15,26H,11-12,16-17H2,1-4H3,(H,32,33). The highest BCUT2D eigenvalue weighted by molar-refractivity contribution is 5.78. The van der Waals surface area contributed by atoms with Gasteiger partial charge in [0.1, 0.15) is 23.9 Å². The van der Waals surface area contributed by atoms with Gasteiger partial charge in [-0.2, -0.15) is 0 Å². The number of hydrogen-bond acceptors (Lipinski definition) is 3. The number of fused-ring (bicyclic) bond motifs is 2. The third-order valence-corrected chi connectivity index (χ3v) is 7.59. The Morgan fingerprint density at radius 1 is 1.06 bits per heavy atom. The number of carboxylic acids is 1. The van der Waals surface area contributed by atoms with Gasteiger partial charge in [-0.05, 0) is 88.9 Å². The van der Waals surface area contributed by atoms with Gasteiger partial charge in [0.2, 0.25) is 0 Å². The van der Waals surface area contributed by atoms with E-state index in [9.17, 15) is 14.3 Å². The second kappa shape index (κ2) is 8.40. The Labute approximate surface area is 205 Å². The average molecular weight is 475 g/mol. The average Bonchev–Trinajstić information content (AvgIpc) is 3.46. The normalized spacial score (nSPS) is 20.5. The summed E-state index contributed by atoms with van der Waals surface area (Å²) in [5.41, 5.74) is 5.36. The first-order chi connectivity index (χ1) is 16.6. The van der Waals surface area contributed by atoms with Crippen molar-refractivity contribution in [2.75, 3.05) is 7.11 Å². The van der Waals surface area contributed by atoms with E-state index >= 15 is 0 Å². The van der Waals surface area contributed by atoms with Crippen LogP contribution in [-0.2, 0) is 28.7 Å². The summed E-state index contributed by atoms with van der Waals surface area (Å²) in [5, 5.41) is 9.44. The van der Waals surface area contributed by atoms with Gasteiger partial charge in [-0.3, -0.25) is 4.79 Å². The van der Waals surface area contributed by atoms with Crippen molar-refractivity contribution in [3.05, 3.63) is 82.7 Å². The Balaban J connectivity index is 1.40. The van der Waals surface area contributed by atoms with Crippen LogP contribution in [0.2, 0.25) is 0 Å². The molecule has 2 atom stereocenters. The molecule has 4 nitrogen and oxygen atoms in total. The summed E-state index contributed by atoms with van der Waals surface area (Å²) in [6.07, 6.45) is 2.52. The molecule has 1 fully saturated rings. The number of ether oxygens (including phenoxy) is 2. The highest BCUT2D eigenvalue weighted by Gasteiger charge is 2.61. The Morgan fingerprint density at radius 3 is 2.51 bits per heavy atom. The predicted octanol–water partition coefficient (Wildman–Crippen LogP) is 6.67. The van der Waals surface area contributed by atoms with E-state index in [0.29, 0.717) is 17.9 Å². The van der Waals surface area contributed by atoms with Gasteiger partial charge in [0.25, 0.3) is 0 Å². The van der Waals surface area contributed by atoms with E-state index in [1.165, 1.54) is 17.2 Å². The second-order valence-corrected chi connectivity index (χ2v) is 10.8. The maximum absolute atomic E-state index is 14.9. The van der Waals surface area contributed by atoms with Crippen molar-refractivity contribution < 1.29 is 23.8 Å². The van der Waals surface area contributed by atoms with Crippen molar-refractivity contribution in [3.63, 3.8) is 0 Å². The van der Waals surface area contributed by atoms with Gasteiger partial charge in [0, 0.05) is 11.0 Å². The molecule has 182 valence electrons. The molecule has 3 aromatic rings. The largest absolute Gasteiger partial charge is 0.497 e. The molecule has 0 aromatic heterocycles. The zero-order chi connectivity index (χ0) is 25.0.